The molecule has 0 aliphatic rings. The van der Waals surface area contributed by atoms with Gasteiger partial charge in [0.1, 0.15) is 0 Å². The van der Waals surface area contributed by atoms with E-state index >= 15 is 0 Å². The van der Waals surface area contributed by atoms with Crippen molar-refractivity contribution in [2.45, 2.75) is 33.4 Å². The van der Waals surface area contributed by atoms with E-state index in [1.165, 1.54) is 0 Å². The lowest BCUT2D eigenvalue weighted by Gasteiger charge is -2.12. The molecular weight excluding hydrogens is 280 g/mol. The maximum Gasteiger partial charge on any atom is 0.272 e. The average Bonchev–Trinajstić information content (AvgIpc) is 3.10. The van der Waals surface area contributed by atoms with Crippen LogP contribution in [-0.4, -0.2) is 30.3 Å². The molecule has 22 heavy (non-hydrogen) atoms. The van der Waals surface area contributed by atoms with E-state index in [1.54, 1.807) is 35.2 Å². The number of nitrogens with zero attached hydrogens (tertiary/aromatic N) is 5. The summed E-state index contributed by atoms with van der Waals surface area (Å²) in [4.78, 5) is 16.5. The largest absolute Gasteiger partial charge is 0.344 e. The molecule has 3 aromatic rings. The molecule has 7 heteroatoms. The van der Waals surface area contributed by atoms with Crippen LogP contribution in [0.15, 0.2) is 30.7 Å². The molecule has 7 nitrogen and oxygen atoms in total. The highest BCUT2D eigenvalue weighted by atomic mass is 16.2. The SMILES string of the molecule is CCn1ncc(C(C)NC(=O)c2cc3ncccn3n2)c1C. The van der Waals surface area contributed by atoms with Crippen molar-refractivity contribution in [2.75, 3.05) is 0 Å². The van der Waals surface area contributed by atoms with E-state index in [0.29, 0.717) is 11.3 Å². The Morgan fingerprint density at radius 1 is 1.45 bits per heavy atom. The van der Waals surface area contributed by atoms with Crippen molar-refractivity contribution in [1.82, 2.24) is 29.7 Å². The summed E-state index contributed by atoms with van der Waals surface area (Å²) in [6.45, 7) is 6.79. The summed E-state index contributed by atoms with van der Waals surface area (Å²) < 4.78 is 3.49. The van der Waals surface area contributed by atoms with Crippen LogP contribution in [0.2, 0.25) is 0 Å². The zero-order chi connectivity index (χ0) is 15.7. The number of fused-ring (bicyclic) bond motifs is 1. The van der Waals surface area contributed by atoms with Gasteiger partial charge in [0, 0.05) is 36.3 Å². The Bertz CT molecular complexity index is 785. The lowest BCUT2D eigenvalue weighted by molar-refractivity contribution is 0.0934. The van der Waals surface area contributed by atoms with Crippen molar-refractivity contribution in [3.8, 4) is 0 Å². The molecule has 1 N–H and O–H groups in total. The van der Waals surface area contributed by atoms with Gasteiger partial charge in [-0.2, -0.15) is 10.2 Å². The Hall–Kier alpha value is -2.70. The Kier molecular flexibility index (Phi) is 3.62. The molecule has 0 fully saturated rings. The van der Waals surface area contributed by atoms with Gasteiger partial charge in [-0.25, -0.2) is 9.50 Å². The van der Waals surface area contributed by atoms with Crippen LogP contribution in [0.5, 0.6) is 0 Å². The summed E-state index contributed by atoms with van der Waals surface area (Å²) in [6, 6.07) is 3.31. The number of amides is 1. The summed E-state index contributed by atoms with van der Waals surface area (Å²) in [6.07, 6.45) is 5.23. The molecule has 3 heterocycles. The van der Waals surface area contributed by atoms with E-state index in [2.05, 4.69) is 20.5 Å². The predicted octanol–water partition coefficient (Wildman–Crippen LogP) is 1.75. The lowest BCUT2D eigenvalue weighted by atomic mass is 10.1. The molecule has 0 aliphatic heterocycles. The molecule has 0 bridgehead atoms. The van der Waals surface area contributed by atoms with E-state index < -0.39 is 0 Å². The summed E-state index contributed by atoms with van der Waals surface area (Å²) >= 11 is 0. The average molecular weight is 298 g/mol. The van der Waals surface area contributed by atoms with Crippen molar-refractivity contribution in [2.24, 2.45) is 0 Å². The van der Waals surface area contributed by atoms with Crippen molar-refractivity contribution in [3.63, 3.8) is 0 Å². The lowest BCUT2D eigenvalue weighted by Crippen LogP contribution is -2.27. The topological polar surface area (TPSA) is 77.1 Å². The minimum Gasteiger partial charge on any atom is -0.344 e. The number of hydrogen-bond donors (Lipinski definition) is 1. The second-order valence-corrected chi connectivity index (χ2v) is 5.15. The first kappa shape index (κ1) is 14.2. The van der Waals surface area contributed by atoms with Crippen LogP contribution >= 0.6 is 0 Å². The van der Waals surface area contributed by atoms with Gasteiger partial charge in [0.2, 0.25) is 0 Å². The third kappa shape index (κ3) is 2.45. The van der Waals surface area contributed by atoms with E-state index in [9.17, 15) is 4.79 Å². The van der Waals surface area contributed by atoms with E-state index in [1.807, 2.05) is 25.5 Å². The van der Waals surface area contributed by atoms with E-state index in [0.717, 1.165) is 17.8 Å². The normalized spacial score (nSPS) is 12.5. The fraction of sp³-hybridized carbons (Fsp3) is 0.333. The molecule has 0 spiro atoms. The minimum absolute atomic E-state index is 0.134. The fourth-order valence-corrected chi connectivity index (χ4v) is 2.49. The number of aryl methyl sites for hydroxylation is 1. The van der Waals surface area contributed by atoms with Crippen LogP contribution in [0.25, 0.3) is 5.65 Å². The second-order valence-electron chi connectivity index (χ2n) is 5.15. The first-order chi connectivity index (χ1) is 10.6. The third-order valence-electron chi connectivity index (χ3n) is 3.72. The molecule has 0 aliphatic carbocycles. The summed E-state index contributed by atoms with van der Waals surface area (Å²) in [7, 11) is 0. The van der Waals surface area contributed by atoms with Gasteiger partial charge in [-0.3, -0.25) is 9.48 Å². The molecule has 0 radical (unpaired) electrons. The highest BCUT2D eigenvalue weighted by Crippen LogP contribution is 2.17. The van der Waals surface area contributed by atoms with Gasteiger partial charge in [-0.1, -0.05) is 0 Å². The van der Waals surface area contributed by atoms with Gasteiger partial charge in [0.25, 0.3) is 5.91 Å². The van der Waals surface area contributed by atoms with Crippen molar-refractivity contribution in [3.05, 3.63) is 47.7 Å². The van der Waals surface area contributed by atoms with Crippen LogP contribution in [0.3, 0.4) is 0 Å². The number of carbonyl (C=O) groups excluding carboxylic acids is 1. The molecule has 0 saturated heterocycles. The number of hydrogen-bond acceptors (Lipinski definition) is 4. The predicted molar refractivity (Wildman–Crippen MR) is 81.5 cm³/mol. The van der Waals surface area contributed by atoms with Crippen LogP contribution in [0.1, 0.15) is 41.6 Å². The van der Waals surface area contributed by atoms with Crippen molar-refractivity contribution in [1.29, 1.82) is 0 Å². The zero-order valence-electron chi connectivity index (χ0n) is 12.8. The van der Waals surface area contributed by atoms with Gasteiger partial charge in [-0.15, -0.1) is 0 Å². The molecule has 0 saturated carbocycles. The number of nitrogens with one attached hydrogen (secondary N) is 1. The van der Waals surface area contributed by atoms with Crippen molar-refractivity contribution >= 4 is 11.6 Å². The Morgan fingerprint density at radius 2 is 2.27 bits per heavy atom. The van der Waals surface area contributed by atoms with Gasteiger partial charge in [0.15, 0.2) is 11.3 Å². The first-order valence-corrected chi connectivity index (χ1v) is 7.23. The van der Waals surface area contributed by atoms with E-state index in [-0.39, 0.29) is 11.9 Å². The molecule has 1 atom stereocenters. The molecule has 3 aromatic heterocycles. The number of rotatable bonds is 4. The molecule has 3 rings (SSSR count). The molecule has 1 amide bonds. The molecular formula is C15H18N6O. The standard InChI is InChI=1S/C15H18N6O/c1-4-20-11(3)12(9-17-20)10(2)18-15(22)13-8-14-16-6-5-7-21(14)19-13/h5-10H,4H2,1-3H3,(H,18,22). The number of carbonyl (C=O) groups is 1. The van der Waals surface area contributed by atoms with Crippen LogP contribution in [-0.2, 0) is 6.54 Å². The Labute approximate surface area is 128 Å². The summed E-state index contributed by atoms with van der Waals surface area (Å²) in [5, 5.41) is 11.5. The second kappa shape index (κ2) is 5.59. The summed E-state index contributed by atoms with van der Waals surface area (Å²) in [5.74, 6) is -0.221. The molecule has 0 aromatic carbocycles. The monoisotopic (exact) mass is 298 g/mol. The van der Waals surface area contributed by atoms with Gasteiger partial charge < -0.3 is 5.32 Å². The minimum atomic E-state index is -0.221. The van der Waals surface area contributed by atoms with E-state index in [4.69, 9.17) is 0 Å². The molecule has 1 unspecified atom stereocenters. The Balaban J connectivity index is 1.79. The highest BCUT2D eigenvalue weighted by Gasteiger charge is 2.18. The van der Waals surface area contributed by atoms with Crippen LogP contribution in [0, 0.1) is 6.92 Å². The number of aromatic nitrogens is 5. The van der Waals surface area contributed by atoms with Gasteiger partial charge in [-0.05, 0) is 26.8 Å². The maximum atomic E-state index is 12.3. The zero-order valence-corrected chi connectivity index (χ0v) is 12.8. The fourth-order valence-electron chi connectivity index (χ4n) is 2.49. The van der Waals surface area contributed by atoms with Crippen LogP contribution in [0.4, 0.5) is 0 Å². The first-order valence-electron chi connectivity index (χ1n) is 7.23. The molecule has 114 valence electrons. The maximum absolute atomic E-state index is 12.3. The van der Waals surface area contributed by atoms with Crippen LogP contribution < -0.4 is 5.32 Å². The quantitative estimate of drug-likeness (QED) is 0.796. The van der Waals surface area contributed by atoms with Gasteiger partial charge in [0.05, 0.1) is 12.2 Å². The smallest absolute Gasteiger partial charge is 0.272 e. The van der Waals surface area contributed by atoms with Crippen molar-refractivity contribution < 1.29 is 4.79 Å². The Morgan fingerprint density at radius 3 is 2.95 bits per heavy atom. The third-order valence-corrected chi connectivity index (χ3v) is 3.72. The highest BCUT2D eigenvalue weighted by molar-refractivity contribution is 5.93. The van der Waals surface area contributed by atoms with Gasteiger partial charge >= 0.3 is 0 Å². The summed E-state index contributed by atoms with van der Waals surface area (Å²) in [5.41, 5.74) is 3.07.